The number of benzene rings is 1. The molecule has 0 bridgehead atoms. The van der Waals surface area contributed by atoms with Crippen molar-refractivity contribution >= 4 is 41.5 Å². The third-order valence-electron chi connectivity index (χ3n) is 6.22. The minimum Gasteiger partial charge on any atom is -0.357 e. The molecule has 0 unspecified atom stereocenters. The second-order valence-corrected chi connectivity index (χ2v) is 8.01. The average molecular weight is 482 g/mol. The van der Waals surface area contributed by atoms with Gasteiger partial charge in [0.1, 0.15) is 0 Å². The zero-order valence-electron chi connectivity index (χ0n) is 16.2. The third-order valence-corrected chi connectivity index (χ3v) is 6.22. The molecule has 1 aliphatic carbocycles. The monoisotopic (exact) mass is 482 g/mol. The fourth-order valence-corrected chi connectivity index (χ4v) is 4.50. The summed E-state index contributed by atoms with van der Waals surface area (Å²) in [5, 5.41) is 3.47. The van der Waals surface area contributed by atoms with Gasteiger partial charge in [0.05, 0.1) is 6.54 Å². The quantitative estimate of drug-likeness (QED) is 0.404. The molecular formula is C21H31IN4O. The Kier molecular flexibility index (Phi) is 6.65. The smallest absolute Gasteiger partial charge is 0.227 e. The molecule has 1 amide bonds. The normalized spacial score (nSPS) is 21.4. The topological polar surface area (TPSA) is 47.9 Å². The maximum absolute atomic E-state index is 11.9. The van der Waals surface area contributed by atoms with Gasteiger partial charge in [0.25, 0.3) is 0 Å². The Morgan fingerprint density at radius 1 is 1.15 bits per heavy atom. The molecule has 1 aromatic rings. The Morgan fingerprint density at radius 2 is 1.93 bits per heavy atom. The van der Waals surface area contributed by atoms with Crippen LogP contribution < -0.4 is 10.2 Å². The first kappa shape index (κ1) is 20.4. The number of hydrogen-bond acceptors (Lipinski definition) is 2. The van der Waals surface area contributed by atoms with Gasteiger partial charge in [-0.25, -0.2) is 4.99 Å². The summed E-state index contributed by atoms with van der Waals surface area (Å²) in [6, 6.07) is 8.32. The van der Waals surface area contributed by atoms with Gasteiger partial charge < -0.3 is 15.1 Å². The molecule has 3 aliphatic rings. The Hall–Kier alpha value is -1.31. The van der Waals surface area contributed by atoms with Crippen molar-refractivity contribution < 1.29 is 4.79 Å². The van der Waals surface area contributed by atoms with E-state index in [9.17, 15) is 4.79 Å². The van der Waals surface area contributed by atoms with Crippen LogP contribution in [0.1, 0.15) is 51.0 Å². The fraction of sp³-hybridized carbons (Fsp3) is 0.619. The van der Waals surface area contributed by atoms with Gasteiger partial charge in [-0.15, -0.1) is 24.0 Å². The molecule has 4 rings (SSSR count). The number of hydrogen-bond donors (Lipinski definition) is 1. The molecule has 148 valence electrons. The first-order chi connectivity index (χ1) is 12.7. The van der Waals surface area contributed by atoms with Gasteiger partial charge in [-0.05, 0) is 55.7 Å². The molecule has 3 fully saturated rings. The number of aliphatic imine (C=N–C) groups is 1. The van der Waals surface area contributed by atoms with Gasteiger partial charge >= 0.3 is 0 Å². The predicted molar refractivity (Wildman–Crippen MR) is 121 cm³/mol. The van der Waals surface area contributed by atoms with E-state index in [0.29, 0.717) is 18.4 Å². The molecule has 2 heterocycles. The second kappa shape index (κ2) is 8.80. The summed E-state index contributed by atoms with van der Waals surface area (Å²) >= 11 is 0. The average Bonchev–Trinajstić information content (AvgIpc) is 3.26. The highest BCUT2D eigenvalue weighted by molar-refractivity contribution is 14.0. The van der Waals surface area contributed by atoms with E-state index in [-0.39, 0.29) is 29.9 Å². The molecule has 5 nitrogen and oxygen atoms in total. The molecule has 2 aliphatic heterocycles. The van der Waals surface area contributed by atoms with Crippen molar-refractivity contribution in [3.8, 4) is 0 Å². The van der Waals surface area contributed by atoms with Crippen molar-refractivity contribution in [3.63, 3.8) is 0 Å². The van der Waals surface area contributed by atoms with Crippen LogP contribution in [0.2, 0.25) is 0 Å². The van der Waals surface area contributed by atoms with Crippen molar-refractivity contribution in [1.82, 2.24) is 10.2 Å². The van der Waals surface area contributed by atoms with Crippen molar-refractivity contribution in [2.45, 2.75) is 52.0 Å². The minimum absolute atomic E-state index is 0. The van der Waals surface area contributed by atoms with E-state index < -0.39 is 0 Å². The van der Waals surface area contributed by atoms with Gasteiger partial charge in [0.2, 0.25) is 5.91 Å². The molecule has 1 saturated carbocycles. The van der Waals surface area contributed by atoms with Crippen LogP contribution >= 0.6 is 24.0 Å². The SMILES string of the molecule is CCNC(=NCc1ccc(N2CCCC2=O)cc1)N1CCC2(CCC2)C1.I. The number of anilines is 1. The zero-order valence-corrected chi connectivity index (χ0v) is 18.6. The fourth-order valence-electron chi connectivity index (χ4n) is 4.50. The number of carbonyl (C=O) groups is 1. The molecule has 1 N–H and O–H groups in total. The van der Waals surface area contributed by atoms with Crippen molar-refractivity contribution in [3.05, 3.63) is 29.8 Å². The lowest BCUT2D eigenvalue weighted by atomic mass is 9.68. The summed E-state index contributed by atoms with van der Waals surface area (Å²) < 4.78 is 0. The summed E-state index contributed by atoms with van der Waals surface area (Å²) in [6.07, 6.45) is 7.13. The van der Waals surface area contributed by atoms with Gasteiger partial charge in [-0.1, -0.05) is 18.6 Å². The van der Waals surface area contributed by atoms with E-state index >= 15 is 0 Å². The van der Waals surface area contributed by atoms with Crippen LogP contribution in [0.5, 0.6) is 0 Å². The molecule has 1 aromatic carbocycles. The second-order valence-electron chi connectivity index (χ2n) is 8.01. The van der Waals surface area contributed by atoms with Crippen molar-refractivity contribution in [1.29, 1.82) is 0 Å². The van der Waals surface area contributed by atoms with Crippen LogP contribution in [0.25, 0.3) is 0 Å². The van der Waals surface area contributed by atoms with E-state index in [1.54, 1.807) is 0 Å². The van der Waals surface area contributed by atoms with Crippen LogP contribution in [0.4, 0.5) is 5.69 Å². The largest absolute Gasteiger partial charge is 0.357 e. The lowest BCUT2D eigenvalue weighted by Crippen LogP contribution is -2.42. The minimum atomic E-state index is 0. The van der Waals surface area contributed by atoms with Gasteiger partial charge in [-0.3, -0.25) is 4.79 Å². The van der Waals surface area contributed by atoms with Crippen molar-refractivity contribution in [2.24, 2.45) is 10.4 Å². The van der Waals surface area contributed by atoms with E-state index in [0.717, 1.165) is 44.2 Å². The zero-order chi connectivity index (χ0) is 18.0. The Bertz CT molecular complexity index is 684. The molecule has 1 spiro atoms. The molecular weight excluding hydrogens is 451 g/mol. The first-order valence-corrected chi connectivity index (χ1v) is 10.1. The van der Waals surface area contributed by atoms with Gasteiger partial charge in [0, 0.05) is 38.3 Å². The summed E-state index contributed by atoms with van der Waals surface area (Å²) in [7, 11) is 0. The number of amides is 1. The highest BCUT2D eigenvalue weighted by Crippen LogP contribution is 2.47. The van der Waals surface area contributed by atoms with E-state index in [1.165, 1.54) is 31.2 Å². The van der Waals surface area contributed by atoms with Crippen LogP contribution in [-0.4, -0.2) is 42.9 Å². The van der Waals surface area contributed by atoms with Gasteiger partial charge in [0.15, 0.2) is 5.96 Å². The van der Waals surface area contributed by atoms with E-state index in [1.807, 2.05) is 4.90 Å². The Morgan fingerprint density at radius 3 is 2.48 bits per heavy atom. The number of halogens is 1. The summed E-state index contributed by atoms with van der Waals surface area (Å²) in [5.41, 5.74) is 2.78. The van der Waals surface area contributed by atoms with Crippen LogP contribution in [0, 0.1) is 5.41 Å². The first-order valence-electron chi connectivity index (χ1n) is 10.1. The maximum atomic E-state index is 11.9. The maximum Gasteiger partial charge on any atom is 0.227 e. The van der Waals surface area contributed by atoms with Crippen LogP contribution in [-0.2, 0) is 11.3 Å². The summed E-state index contributed by atoms with van der Waals surface area (Å²) in [4.78, 5) is 21.1. The third kappa shape index (κ3) is 4.41. The standard InChI is InChI=1S/C21H30N4O.HI/c1-2-22-20(24-14-12-21(16-24)10-4-11-21)23-15-17-6-8-18(9-7-17)25-13-3-5-19(25)26;/h6-9H,2-5,10-16H2,1H3,(H,22,23);1H. The van der Waals surface area contributed by atoms with Crippen LogP contribution in [0.15, 0.2) is 29.3 Å². The lowest BCUT2D eigenvalue weighted by molar-refractivity contribution is -0.117. The Balaban J connectivity index is 0.00000210. The molecule has 2 saturated heterocycles. The number of nitrogens with one attached hydrogen (secondary N) is 1. The molecule has 27 heavy (non-hydrogen) atoms. The molecule has 0 atom stereocenters. The molecule has 6 heteroatoms. The van der Waals surface area contributed by atoms with Crippen LogP contribution in [0.3, 0.4) is 0 Å². The number of nitrogens with zero attached hydrogens (tertiary/aromatic N) is 3. The number of carbonyl (C=O) groups excluding carboxylic acids is 1. The van der Waals surface area contributed by atoms with Gasteiger partial charge in [-0.2, -0.15) is 0 Å². The summed E-state index contributed by atoms with van der Waals surface area (Å²) in [6.45, 7) is 6.85. The summed E-state index contributed by atoms with van der Waals surface area (Å²) in [5.74, 6) is 1.29. The van der Waals surface area contributed by atoms with Crippen molar-refractivity contribution in [2.75, 3.05) is 31.1 Å². The number of guanidine groups is 1. The number of rotatable bonds is 4. The highest BCUT2D eigenvalue weighted by atomic mass is 127. The van der Waals surface area contributed by atoms with E-state index in [4.69, 9.17) is 4.99 Å². The lowest BCUT2D eigenvalue weighted by Gasteiger charge is -2.38. The molecule has 0 aromatic heterocycles. The highest BCUT2D eigenvalue weighted by Gasteiger charge is 2.43. The number of likely N-dealkylation sites (tertiary alicyclic amines) is 1. The van der Waals surface area contributed by atoms with E-state index in [2.05, 4.69) is 41.4 Å². The predicted octanol–water partition coefficient (Wildman–Crippen LogP) is 3.77. The molecule has 0 radical (unpaired) electrons. The Labute approximate surface area is 179 Å².